The molecule has 0 N–H and O–H groups in total. The first kappa shape index (κ1) is 7.39. The lowest BCUT2D eigenvalue weighted by atomic mass is 9.76. The molecule has 11 heavy (non-hydrogen) atoms. The molecule has 0 aromatic heterocycles. The zero-order chi connectivity index (χ0) is 7.84. The van der Waals surface area contributed by atoms with Gasteiger partial charge in [0.25, 0.3) is 0 Å². The predicted octanol–water partition coefficient (Wildman–Crippen LogP) is 3.39. The molecule has 0 saturated heterocycles. The number of rotatable bonds is 0. The second-order valence-electron chi connectivity index (χ2n) is 4.56. The van der Waals surface area contributed by atoms with Crippen LogP contribution in [0.2, 0.25) is 0 Å². The van der Waals surface area contributed by atoms with E-state index in [4.69, 9.17) is 0 Å². The third kappa shape index (κ3) is 1.36. The lowest BCUT2D eigenvalue weighted by Crippen LogP contribution is -2.18. The van der Waals surface area contributed by atoms with Gasteiger partial charge in [-0.1, -0.05) is 25.0 Å². The topological polar surface area (TPSA) is 0 Å². The van der Waals surface area contributed by atoms with Crippen LogP contribution < -0.4 is 0 Å². The normalized spacial score (nSPS) is 43.5. The molecular formula is C11H18. The van der Waals surface area contributed by atoms with Crippen LogP contribution in [0.1, 0.15) is 39.5 Å². The predicted molar refractivity (Wildman–Crippen MR) is 48.4 cm³/mol. The molecule has 2 rings (SSSR count). The van der Waals surface area contributed by atoms with E-state index >= 15 is 0 Å². The van der Waals surface area contributed by atoms with Gasteiger partial charge in [-0.25, -0.2) is 0 Å². The summed E-state index contributed by atoms with van der Waals surface area (Å²) in [5.41, 5.74) is 1.65. The molecule has 3 atom stereocenters. The molecule has 0 radical (unpaired) electrons. The fraction of sp³-hybridized carbons (Fsp3) is 0.818. The summed E-state index contributed by atoms with van der Waals surface area (Å²) >= 11 is 0. The zero-order valence-electron chi connectivity index (χ0n) is 7.64. The van der Waals surface area contributed by atoms with Crippen LogP contribution in [0.3, 0.4) is 0 Å². The number of hydrogen-bond donors (Lipinski definition) is 0. The van der Waals surface area contributed by atoms with Crippen molar-refractivity contribution in [1.82, 2.24) is 0 Å². The SMILES string of the molecule is CC1=C[C@@H]2CCC(C)C[C@H]2C1. The van der Waals surface area contributed by atoms with Gasteiger partial charge in [0.05, 0.1) is 0 Å². The molecule has 2 aliphatic carbocycles. The molecule has 1 fully saturated rings. The lowest BCUT2D eigenvalue weighted by molar-refractivity contribution is 0.240. The molecule has 2 aliphatic rings. The van der Waals surface area contributed by atoms with E-state index in [2.05, 4.69) is 19.9 Å². The van der Waals surface area contributed by atoms with Gasteiger partial charge in [0.15, 0.2) is 0 Å². The zero-order valence-corrected chi connectivity index (χ0v) is 7.64. The van der Waals surface area contributed by atoms with Crippen LogP contribution in [0.4, 0.5) is 0 Å². The Morgan fingerprint density at radius 3 is 3.00 bits per heavy atom. The summed E-state index contributed by atoms with van der Waals surface area (Å²) in [4.78, 5) is 0. The van der Waals surface area contributed by atoms with Crippen LogP contribution in [0.5, 0.6) is 0 Å². The summed E-state index contributed by atoms with van der Waals surface area (Å²) in [5.74, 6) is 2.99. The largest absolute Gasteiger partial charge is 0.0822 e. The van der Waals surface area contributed by atoms with E-state index in [1.165, 1.54) is 25.7 Å². The highest BCUT2D eigenvalue weighted by Gasteiger charge is 2.30. The van der Waals surface area contributed by atoms with E-state index in [-0.39, 0.29) is 0 Å². The molecule has 1 unspecified atom stereocenters. The van der Waals surface area contributed by atoms with Crippen molar-refractivity contribution in [3.8, 4) is 0 Å². The third-order valence-electron chi connectivity index (χ3n) is 3.39. The summed E-state index contributed by atoms with van der Waals surface area (Å²) < 4.78 is 0. The van der Waals surface area contributed by atoms with Gasteiger partial charge in [-0.3, -0.25) is 0 Å². The first-order valence-corrected chi connectivity index (χ1v) is 4.93. The Balaban J connectivity index is 2.03. The second kappa shape index (κ2) is 2.66. The van der Waals surface area contributed by atoms with Crippen molar-refractivity contribution in [1.29, 1.82) is 0 Å². The van der Waals surface area contributed by atoms with E-state index in [1.807, 2.05) is 0 Å². The van der Waals surface area contributed by atoms with Gasteiger partial charge in [0.2, 0.25) is 0 Å². The highest BCUT2D eigenvalue weighted by Crippen LogP contribution is 2.42. The van der Waals surface area contributed by atoms with Crippen molar-refractivity contribution >= 4 is 0 Å². The number of hydrogen-bond acceptors (Lipinski definition) is 0. The van der Waals surface area contributed by atoms with Gasteiger partial charge in [-0.15, -0.1) is 0 Å². The molecule has 0 spiro atoms. The average molecular weight is 150 g/mol. The molecule has 0 heteroatoms. The van der Waals surface area contributed by atoms with Crippen LogP contribution in [0.25, 0.3) is 0 Å². The van der Waals surface area contributed by atoms with E-state index in [0.29, 0.717) is 0 Å². The lowest BCUT2D eigenvalue weighted by Gasteiger charge is -2.29. The maximum atomic E-state index is 2.52. The van der Waals surface area contributed by atoms with Crippen molar-refractivity contribution < 1.29 is 0 Å². The van der Waals surface area contributed by atoms with Crippen molar-refractivity contribution in [3.05, 3.63) is 11.6 Å². The fourth-order valence-corrected chi connectivity index (χ4v) is 2.82. The Kier molecular flexibility index (Phi) is 1.78. The molecular weight excluding hydrogens is 132 g/mol. The standard InChI is InChI=1S/C11H18/c1-8-3-4-10-6-9(2)7-11(10)5-8/h6,8,10-11H,3-5,7H2,1-2H3/t8?,10-,11-/m0/s1. The summed E-state index contributed by atoms with van der Waals surface area (Å²) in [6, 6.07) is 0. The van der Waals surface area contributed by atoms with Gasteiger partial charge in [0.1, 0.15) is 0 Å². The van der Waals surface area contributed by atoms with Gasteiger partial charge in [-0.2, -0.15) is 0 Å². The second-order valence-corrected chi connectivity index (χ2v) is 4.56. The molecule has 62 valence electrons. The smallest absolute Gasteiger partial charge is 0.0199 e. The number of fused-ring (bicyclic) bond motifs is 1. The van der Waals surface area contributed by atoms with Gasteiger partial charge in [-0.05, 0) is 43.9 Å². The first-order chi connectivity index (χ1) is 5.25. The highest BCUT2D eigenvalue weighted by atomic mass is 14.4. The fourth-order valence-electron chi connectivity index (χ4n) is 2.82. The van der Waals surface area contributed by atoms with Crippen molar-refractivity contribution in [2.24, 2.45) is 17.8 Å². The van der Waals surface area contributed by atoms with Crippen LogP contribution in [-0.2, 0) is 0 Å². The highest BCUT2D eigenvalue weighted by molar-refractivity contribution is 5.12. The monoisotopic (exact) mass is 150 g/mol. The quantitative estimate of drug-likeness (QED) is 0.464. The molecule has 0 aliphatic heterocycles. The van der Waals surface area contributed by atoms with Gasteiger partial charge >= 0.3 is 0 Å². The minimum Gasteiger partial charge on any atom is -0.0822 e. The first-order valence-electron chi connectivity index (χ1n) is 4.93. The van der Waals surface area contributed by atoms with Gasteiger partial charge in [0, 0.05) is 0 Å². The molecule has 0 nitrogen and oxygen atoms in total. The maximum Gasteiger partial charge on any atom is -0.0199 e. The summed E-state index contributed by atoms with van der Waals surface area (Å²) in [6.07, 6.45) is 8.33. The Bertz CT molecular complexity index is 178. The van der Waals surface area contributed by atoms with Crippen LogP contribution in [-0.4, -0.2) is 0 Å². The maximum absolute atomic E-state index is 2.52. The van der Waals surface area contributed by atoms with Crippen LogP contribution >= 0.6 is 0 Å². The van der Waals surface area contributed by atoms with Crippen molar-refractivity contribution in [2.75, 3.05) is 0 Å². The van der Waals surface area contributed by atoms with Crippen molar-refractivity contribution in [3.63, 3.8) is 0 Å². The van der Waals surface area contributed by atoms with E-state index in [9.17, 15) is 0 Å². The Labute approximate surface area is 69.7 Å². The van der Waals surface area contributed by atoms with E-state index in [1.54, 1.807) is 5.57 Å². The molecule has 1 saturated carbocycles. The summed E-state index contributed by atoms with van der Waals surface area (Å²) in [6.45, 7) is 4.70. The minimum atomic E-state index is 0.964. The molecule has 0 amide bonds. The summed E-state index contributed by atoms with van der Waals surface area (Å²) in [7, 11) is 0. The molecule has 0 aromatic rings. The Morgan fingerprint density at radius 1 is 1.36 bits per heavy atom. The Morgan fingerprint density at radius 2 is 2.18 bits per heavy atom. The average Bonchev–Trinajstić information content (AvgIpc) is 2.27. The van der Waals surface area contributed by atoms with E-state index in [0.717, 1.165) is 17.8 Å². The summed E-state index contributed by atoms with van der Waals surface area (Å²) in [5, 5.41) is 0. The minimum absolute atomic E-state index is 0.964. The number of allylic oxidation sites excluding steroid dienone is 2. The van der Waals surface area contributed by atoms with E-state index < -0.39 is 0 Å². The molecule has 0 heterocycles. The third-order valence-corrected chi connectivity index (χ3v) is 3.39. The molecule has 0 aromatic carbocycles. The van der Waals surface area contributed by atoms with Crippen LogP contribution in [0, 0.1) is 17.8 Å². The van der Waals surface area contributed by atoms with Gasteiger partial charge < -0.3 is 0 Å². The Hall–Kier alpha value is -0.260. The molecule has 0 bridgehead atoms. The van der Waals surface area contributed by atoms with Crippen molar-refractivity contribution in [2.45, 2.75) is 39.5 Å². The van der Waals surface area contributed by atoms with Crippen LogP contribution in [0.15, 0.2) is 11.6 Å².